The van der Waals surface area contributed by atoms with E-state index in [1.54, 1.807) is 0 Å². The maximum Gasteiger partial charge on any atom is 0.136 e. The lowest BCUT2D eigenvalue weighted by atomic mass is 9.98. The van der Waals surface area contributed by atoms with Crippen LogP contribution in [0.25, 0.3) is 91.9 Å². The van der Waals surface area contributed by atoms with Gasteiger partial charge in [-0.3, -0.25) is 0 Å². The molecule has 0 bridgehead atoms. The molecule has 12 rings (SSSR count). The van der Waals surface area contributed by atoms with Crippen molar-refractivity contribution in [2.75, 3.05) is 4.90 Å². The Morgan fingerprint density at radius 2 is 1.02 bits per heavy atom. The maximum atomic E-state index is 6.28. The molecule has 0 saturated heterocycles. The summed E-state index contributed by atoms with van der Waals surface area (Å²) in [6, 6.07) is 74.4. The second-order valence-electron chi connectivity index (χ2n) is 14.9. The lowest BCUT2D eigenvalue weighted by Crippen LogP contribution is -2.09. The molecule has 9 aromatic carbocycles. The molecule has 0 saturated carbocycles. The van der Waals surface area contributed by atoms with Gasteiger partial charge in [-0.15, -0.1) is 11.3 Å². The molecule has 4 heteroatoms. The van der Waals surface area contributed by atoms with Gasteiger partial charge in [-0.05, 0) is 95.6 Å². The van der Waals surface area contributed by atoms with Crippen LogP contribution in [-0.2, 0) is 0 Å². The van der Waals surface area contributed by atoms with E-state index in [9.17, 15) is 0 Å². The van der Waals surface area contributed by atoms with Crippen molar-refractivity contribution in [1.82, 2.24) is 4.57 Å². The molecule has 3 heterocycles. The van der Waals surface area contributed by atoms with Gasteiger partial charge in [-0.25, -0.2) is 0 Å². The highest BCUT2D eigenvalue weighted by Gasteiger charge is 2.19. The minimum absolute atomic E-state index is 0.898. The predicted molar refractivity (Wildman–Crippen MR) is 247 cm³/mol. The van der Waals surface area contributed by atoms with Crippen LogP contribution in [-0.4, -0.2) is 4.57 Å². The van der Waals surface area contributed by atoms with Gasteiger partial charge in [0.1, 0.15) is 11.2 Å². The predicted octanol–water partition coefficient (Wildman–Crippen LogP) is 15.9. The fraction of sp³-hybridized carbons (Fsp3) is 0. The highest BCUT2D eigenvalue weighted by molar-refractivity contribution is 7.26. The zero-order valence-electron chi connectivity index (χ0n) is 31.3. The zero-order valence-corrected chi connectivity index (χ0v) is 32.2. The van der Waals surface area contributed by atoms with E-state index in [0.29, 0.717) is 0 Å². The van der Waals surface area contributed by atoms with E-state index < -0.39 is 0 Å². The molecule has 272 valence electrons. The lowest BCUT2D eigenvalue weighted by molar-refractivity contribution is 0.669. The Morgan fingerprint density at radius 3 is 1.81 bits per heavy atom. The van der Waals surface area contributed by atoms with Crippen LogP contribution >= 0.6 is 11.3 Å². The Morgan fingerprint density at radius 1 is 0.397 bits per heavy atom. The van der Waals surface area contributed by atoms with Crippen LogP contribution < -0.4 is 4.90 Å². The van der Waals surface area contributed by atoms with Gasteiger partial charge >= 0.3 is 0 Å². The standard InChI is InChI=1S/C54H34N2OS/c1-2-15-37(16-3-1)55(39-17-12-14-36(32-39)41-22-13-26-51-53(41)45-21-6-10-25-50(45)57-51)38-30-28-35(29-31-38)46-33-40(34-47-44-20-7-11-27-52(44)58-54(46)47)56-48-23-8-4-18-42(48)43-19-5-9-24-49(43)56/h1-34H. The van der Waals surface area contributed by atoms with Gasteiger partial charge in [0.25, 0.3) is 0 Å². The molecule has 0 aliphatic carbocycles. The minimum Gasteiger partial charge on any atom is -0.456 e. The summed E-state index contributed by atoms with van der Waals surface area (Å²) in [5, 5.41) is 7.36. The highest BCUT2D eigenvalue weighted by atomic mass is 32.1. The second kappa shape index (κ2) is 13.1. The number of rotatable bonds is 6. The molecule has 12 aromatic rings. The normalized spacial score (nSPS) is 11.8. The number of thiophene rings is 1. The van der Waals surface area contributed by atoms with Gasteiger partial charge in [-0.2, -0.15) is 0 Å². The first-order valence-corrected chi connectivity index (χ1v) is 20.5. The molecule has 0 aliphatic heterocycles. The first kappa shape index (κ1) is 32.8. The molecule has 0 fully saturated rings. The van der Waals surface area contributed by atoms with Gasteiger partial charge < -0.3 is 13.9 Å². The van der Waals surface area contributed by atoms with Gasteiger partial charge in [0.2, 0.25) is 0 Å². The van der Waals surface area contributed by atoms with E-state index >= 15 is 0 Å². The third-order valence-electron chi connectivity index (χ3n) is 11.6. The number of furan rings is 1. The monoisotopic (exact) mass is 758 g/mol. The van der Waals surface area contributed by atoms with Crippen molar-refractivity contribution in [3.63, 3.8) is 0 Å². The van der Waals surface area contributed by atoms with Crippen LogP contribution in [0.5, 0.6) is 0 Å². The first-order valence-electron chi connectivity index (χ1n) is 19.7. The van der Waals surface area contributed by atoms with Gasteiger partial charge in [-0.1, -0.05) is 127 Å². The Hall–Kier alpha value is -7.40. The smallest absolute Gasteiger partial charge is 0.136 e. The topological polar surface area (TPSA) is 21.3 Å². The lowest BCUT2D eigenvalue weighted by Gasteiger charge is -2.26. The van der Waals surface area contributed by atoms with Crippen molar-refractivity contribution in [3.05, 3.63) is 206 Å². The van der Waals surface area contributed by atoms with Crippen molar-refractivity contribution in [2.45, 2.75) is 0 Å². The number of fused-ring (bicyclic) bond motifs is 9. The van der Waals surface area contributed by atoms with Crippen LogP contribution in [0, 0.1) is 0 Å². The number of benzene rings is 9. The molecule has 0 amide bonds. The Balaban J connectivity index is 1.02. The first-order chi connectivity index (χ1) is 28.8. The van der Waals surface area contributed by atoms with Crippen molar-refractivity contribution in [3.8, 4) is 27.9 Å². The molecule has 3 nitrogen and oxygen atoms in total. The van der Waals surface area contributed by atoms with Gasteiger partial charge in [0.15, 0.2) is 0 Å². The molecule has 0 unspecified atom stereocenters. The van der Waals surface area contributed by atoms with Crippen LogP contribution in [0.3, 0.4) is 0 Å². The number of anilines is 3. The molecule has 0 spiro atoms. The van der Waals surface area contributed by atoms with E-state index in [-0.39, 0.29) is 0 Å². The van der Waals surface area contributed by atoms with Gasteiger partial charge in [0.05, 0.1) is 11.0 Å². The molecule has 0 aliphatic rings. The fourth-order valence-corrected chi connectivity index (χ4v) is 10.2. The maximum absolute atomic E-state index is 6.28. The van der Waals surface area contributed by atoms with Gasteiger partial charge in [0, 0.05) is 70.0 Å². The summed E-state index contributed by atoms with van der Waals surface area (Å²) in [5.74, 6) is 0. The zero-order chi connectivity index (χ0) is 38.2. The SMILES string of the molecule is c1ccc(N(c2ccc(-c3cc(-n4c5ccccc5c5ccccc54)cc4c3sc3ccccc34)cc2)c2cccc(-c3cccc4oc5ccccc5c34)c2)cc1. The van der Waals surface area contributed by atoms with E-state index in [1.165, 1.54) is 53.1 Å². The summed E-state index contributed by atoms with van der Waals surface area (Å²) in [5.41, 5.74) is 13.4. The van der Waals surface area contributed by atoms with Crippen LogP contribution in [0.4, 0.5) is 17.1 Å². The molecular formula is C54H34N2OS. The molecular weight excluding hydrogens is 725 g/mol. The number of hydrogen-bond acceptors (Lipinski definition) is 3. The van der Waals surface area contributed by atoms with Crippen LogP contribution in [0.1, 0.15) is 0 Å². The molecule has 0 N–H and O–H groups in total. The Bertz CT molecular complexity index is 3460. The van der Waals surface area contributed by atoms with E-state index in [2.05, 4.69) is 204 Å². The summed E-state index contributed by atoms with van der Waals surface area (Å²) in [6.45, 7) is 0. The molecule has 0 atom stereocenters. The summed E-state index contributed by atoms with van der Waals surface area (Å²) in [4.78, 5) is 2.35. The third kappa shape index (κ3) is 5.12. The number of hydrogen-bond donors (Lipinski definition) is 0. The largest absolute Gasteiger partial charge is 0.456 e. The minimum atomic E-state index is 0.898. The quantitative estimate of drug-likeness (QED) is 0.168. The fourth-order valence-electron chi connectivity index (χ4n) is 9.00. The van der Waals surface area contributed by atoms with E-state index in [4.69, 9.17) is 4.42 Å². The van der Waals surface area contributed by atoms with Crippen LogP contribution in [0.15, 0.2) is 211 Å². The van der Waals surface area contributed by atoms with Crippen molar-refractivity contribution >= 4 is 92.3 Å². The highest BCUT2D eigenvalue weighted by Crippen LogP contribution is 2.45. The summed E-state index contributed by atoms with van der Waals surface area (Å²) >= 11 is 1.88. The number of aromatic nitrogens is 1. The van der Waals surface area contributed by atoms with Crippen LogP contribution in [0.2, 0.25) is 0 Å². The summed E-state index contributed by atoms with van der Waals surface area (Å²) in [6.07, 6.45) is 0. The second-order valence-corrected chi connectivity index (χ2v) is 15.9. The van der Waals surface area contributed by atoms with Crippen molar-refractivity contribution in [2.24, 2.45) is 0 Å². The van der Waals surface area contributed by atoms with Crippen molar-refractivity contribution < 1.29 is 4.42 Å². The average molecular weight is 759 g/mol. The van der Waals surface area contributed by atoms with E-state index in [0.717, 1.165) is 55.8 Å². The molecule has 58 heavy (non-hydrogen) atoms. The Kier molecular flexibility index (Phi) is 7.40. The van der Waals surface area contributed by atoms with E-state index in [1.807, 2.05) is 23.5 Å². The number of para-hydroxylation sites is 4. The number of nitrogens with zero attached hydrogens (tertiary/aromatic N) is 2. The summed E-state index contributed by atoms with van der Waals surface area (Å²) in [7, 11) is 0. The summed E-state index contributed by atoms with van der Waals surface area (Å²) < 4.78 is 11.3. The molecule has 0 radical (unpaired) electrons. The Labute approximate surface area is 338 Å². The average Bonchev–Trinajstić information content (AvgIpc) is 3.97. The van der Waals surface area contributed by atoms with Crippen molar-refractivity contribution in [1.29, 1.82) is 0 Å². The third-order valence-corrected chi connectivity index (χ3v) is 12.8. The molecule has 3 aromatic heterocycles.